The molecule has 0 radical (unpaired) electrons. The molecule has 98 valence electrons. The van der Waals surface area contributed by atoms with E-state index in [0.29, 0.717) is 12.2 Å². The molecule has 0 atom stereocenters. The highest BCUT2D eigenvalue weighted by Crippen LogP contribution is 2.26. The maximum atomic E-state index is 13.1. The van der Waals surface area contributed by atoms with Crippen LogP contribution in [0.2, 0.25) is 0 Å². The van der Waals surface area contributed by atoms with Crippen LogP contribution in [0.15, 0.2) is 18.5 Å². The molecule has 0 saturated carbocycles. The molecule has 0 bridgehead atoms. The lowest BCUT2D eigenvalue weighted by Crippen LogP contribution is -2.08. The smallest absolute Gasteiger partial charge is 0.270 e. The molecule has 0 unspecified atom stereocenters. The molecule has 2 heterocycles. The van der Waals surface area contributed by atoms with Crippen LogP contribution in [0.25, 0.3) is 0 Å². The van der Waals surface area contributed by atoms with Crippen molar-refractivity contribution in [2.75, 3.05) is 0 Å². The van der Waals surface area contributed by atoms with E-state index >= 15 is 0 Å². The largest absolute Gasteiger partial charge is 0.288 e. The summed E-state index contributed by atoms with van der Waals surface area (Å²) in [5.41, 5.74) is 1.62. The van der Waals surface area contributed by atoms with Crippen molar-refractivity contribution in [2.45, 2.75) is 32.7 Å². The van der Waals surface area contributed by atoms with Crippen LogP contribution in [0.5, 0.6) is 0 Å². The van der Waals surface area contributed by atoms with Crippen LogP contribution in [0.3, 0.4) is 0 Å². The lowest BCUT2D eigenvalue weighted by Gasteiger charge is -2.03. The van der Waals surface area contributed by atoms with Gasteiger partial charge in [0.1, 0.15) is 5.69 Å². The summed E-state index contributed by atoms with van der Waals surface area (Å²) in [6.45, 7) is 3.34. The number of aryl methyl sites for hydroxylation is 2. The lowest BCUT2D eigenvalue weighted by atomic mass is 10.2. The summed E-state index contributed by atoms with van der Waals surface area (Å²) in [4.78, 5) is 0. The zero-order valence-electron chi connectivity index (χ0n) is 10.7. The number of alkyl halides is 2. The molecule has 18 heavy (non-hydrogen) atoms. The molecule has 0 spiro atoms. The Labute approximate surface area is 104 Å². The van der Waals surface area contributed by atoms with Gasteiger partial charge in [0.25, 0.3) is 5.92 Å². The second kappa shape index (κ2) is 4.51. The maximum absolute atomic E-state index is 13.1. The first-order valence-electron chi connectivity index (χ1n) is 5.82. The van der Waals surface area contributed by atoms with Crippen LogP contribution in [-0.2, 0) is 25.9 Å². The molecule has 2 aromatic rings. The molecule has 0 aliphatic heterocycles. The van der Waals surface area contributed by atoms with Gasteiger partial charge in [-0.15, -0.1) is 0 Å². The van der Waals surface area contributed by atoms with Crippen LogP contribution >= 0.6 is 0 Å². The molecule has 0 aromatic carbocycles. The SMILES string of the molecule is CCc1cnn(Cc2cc(C(C)(F)F)nn2C)c1. The molecule has 0 saturated heterocycles. The molecule has 2 aromatic heterocycles. The third-order valence-electron chi connectivity index (χ3n) is 2.85. The van der Waals surface area contributed by atoms with Crippen molar-refractivity contribution in [3.05, 3.63) is 35.4 Å². The summed E-state index contributed by atoms with van der Waals surface area (Å²) in [7, 11) is 1.66. The first-order chi connectivity index (χ1) is 8.40. The van der Waals surface area contributed by atoms with Crippen molar-refractivity contribution >= 4 is 0 Å². The number of nitrogens with zero attached hydrogens (tertiary/aromatic N) is 4. The Morgan fingerprint density at radius 2 is 2.11 bits per heavy atom. The van der Waals surface area contributed by atoms with E-state index in [2.05, 4.69) is 10.2 Å². The molecular formula is C12H16F2N4. The molecule has 6 heteroatoms. The van der Waals surface area contributed by atoms with Gasteiger partial charge in [0.15, 0.2) is 0 Å². The van der Waals surface area contributed by atoms with Gasteiger partial charge >= 0.3 is 0 Å². The van der Waals surface area contributed by atoms with Crippen molar-refractivity contribution in [1.29, 1.82) is 0 Å². The summed E-state index contributed by atoms with van der Waals surface area (Å²) in [5.74, 6) is -2.91. The molecule has 4 nitrogen and oxygen atoms in total. The predicted molar refractivity (Wildman–Crippen MR) is 63.5 cm³/mol. The van der Waals surface area contributed by atoms with Crippen molar-refractivity contribution < 1.29 is 8.78 Å². The second-order valence-electron chi connectivity index (χ2n) is 4.43. The van der Waals surface area contributed by atoms with E-state index < -0.39 is 5.92 Å². The second-order valence-corrected chi connectivity index (χ2v) is 4.43. The maximum Gasteiger partial charge on any atom is 0.288 e. The standard InChI is InChI=1S/C12H16F2N4/c1-4-9-6-15-18(7-9)8-10-5-11(12(2,13)14)16-17(10)3/h5-7H,4,8H2,1-3H3. The quantitative estimate of drug-likeness (QED) is 0.839. The van der Waals surface area contributed by atoms with Gasteiger partial charge < -0.3 is 0 Å². The number of hydrogen-bond acceptors (Lipinski definition) is 2. The van der Waals surface area contributed by atoms with Crippen molar-refractivity contribution in [1.82, 2.24) is 19.6 Å². The lowest BCUT2D eigenvalue weighted by molar-refractivity contribution is 0.0122. The van der Waals surface area contributed by atoms with Crippen molar-refractivity contribution in [3.8, 4) is 0 Å². The normalized spacial score (nSPS) is 12.1. The number of aromatic nitrogens is 4. The van der Waals surface area contributed by atoms with Gasteiger partial charge in [-0.05, 0) is 18.1 Å². The number of hydrogen-bond donors (Lipinski definition) is 0. The Hall–Kier alpha value is -1.72. The number of halogens is 2. The monoisotopic (exact) mass is 254 g/mol. The Kier molecular flexibility index (Phi) is 3.19. The molecule has 2 rings (SSSR count). The topological polar surface area (TPSA) is 35.6 Å². The highest BCUT2D eigenvalue weighted by Gasteiger charge is 2.28. The zero-order valence-corrected chi connectivity index (χ0v) is 10.7. The molecule has 0 aliphatic carbocycles. The van der Waals surface area contributed by atoms with E-state index in [-0.39, 0.29) is 5.69 Å². The first kappa shape index (κ1) is 12.7. The Morgan fingerprint density at radius 1 is 1.39 bits per heavy atom. The minimum absolute atomic E-state index is 0.206. The summed E-state index contributed by atoms with van der Waals surface area (Å²) in [5, 5.41) is 8.01. The summed E-state index contributed by atoms with van der Waals surface area (Å²) < 4.78 is 29.5. The summed E-state index contributed by atoms with van der Waals surface area (Å²) in [6, 6.07) is 1.42. The zero-order chi connectivity index (χ0) is 13.3. The molecule has 0 amide bonds. The minimum atomic E-state index is -2.91. The van der Waals surface area contributed by atoms with Crippen LogP contribution in [0.4, 0.5) is 8.78 Å². The molecule has 0 N–H and O–H groups in total. The van der Waals surface area contributed by atoms with Gasteiger partial charge in [-0.1, -0.05) is 6.92 Å². The number of rotatable bonds is 4. The molecular weight excluding hydrogens is 238 g/mol. The average Bonchev–Trinajstić information content (AvgIpc) is 2.86. The highest BCUT2D eigenvalue weighted by atomic mass is 19.3. The minimum Gasteiger partial charge on any atom is -0.270 e. The van der Waals surface area contributed by atoms with E-state index in [9.17, 15) is 8.78 Å². The first-order valence-corrected chi connectivity index (χ1v) is 5.82. The van der Waals surface area contributed by atoms with Gasteiger partial charge in [0, 0.05) is 20.2 Å². The highest BCUT2D eigenvalue weighted by molar-refractivity contribution is 5.15. The third kappa shape index (κ3) is 2.57. The third-order valence-corrected chi connectivity index (χ3v) is 2.85. The predicted octanol–water partition coefficient (Wildman–Crippen LogP) is 2.34. The average molecular weight is 254 g/mol. The van der Waals surface area contributed by atoms with Gasteiger partial charge in [-0.25, -0.2) is 0 Å². The molecule has 0 fully saturated rings. The van der Waals surface area contributed by atoms with Crippen LogP contribution in [0, 0.1) is 0 Å². The van der Waals surface area contributed by atoms with Crippen molar-refractivity contribution in [2.24, 2.45) is 7.05 Å². The summed E-state index contributed by atoms with van der Waals surface area (Å²) >= 11 is 0. The van der Waals surface area contributed by atoms with Crippen LogP contribution < -0.4 is 0 Å². The molecule has 0 aliphatic rings. The van der Waals surface area contributed by atoms with E-state index in [4.69, 9.17) is 0 Å². The fraction of sp³-hybridized carbons (Fsp3) is 0.500. The van der Waals surface area contributed by atoms with E-state index in [1.54, 1.807) is 17.9 Å². The van der Waals surface area contributed by atoms with Gasteiger partial charge in [-0.2, -0.15) is 19.0 Å². The fourth-order valence-corrected chi connectivity index (χ4v) is 1.71. The van der Waals surface area contributed by atoms with E-state index in [0.717, 1.165) is 18.9 Å². The van der Waals surface area contributed by atoms with Gasteiger partial charge in [0.2, 0.25) is 0 Å². The van der Waals surface area contributed by atoms with Crippen LogP contribution in [-0.4, -0.2) is 19.6 Å². The van der Waals surface area contributed by atoms with Gasteiger partial charge in [-0.3, -0.25) is 9.36 Å². The Bertz CT molecular complexity index is 537. The Balaban J connectivity index is 2.21. The van der Waals surface area contributed by atoms with E-state index in [1.807, 2.05) is 13.1 Å². The Morgan fingerprint density at radius 3 is 2.61 bits per heavy atom. The van der Waals surface area contributed by atoms with E-state index in [1.165, 1.54) is 10.7 Å². The van der Waals surface area contributed by atoms with Crippen LogP contribution in [0.1, 0.15) is 30.8 Å². The summed E-state index contributed by atoms with van der Waals surface area (Å²) in [6.07, 6.45) is 4.60. The fourth-order valence-electron chi connectivity index (χ4n) is 1.71. The van der Waals surface area contributed by atoms with Gasteiger partial charge in [0.05, 0.1) is 18.4 Å². The van der Waals surface area contributed by atoms with Crippen molar-refractivity contribution in [3.63, 3.8) is 0 Å².